The van der Waals surface area contributed by atoms with E-state index in [-0.39, 0.29) is 23.9 Å². The highest BCUT2D eigenvalue weighted by atomic mass is 16.6. The first-order valence-corrected chi connectivity index (χ1v) is 11.4. The third kappa shape index (κ3) is 3.61. The van der Waals surface area contributed by atoms with Crippen molar-refractivity contribution in [3.8, 4) is 0 Å². The van der Waals surface area contributed by atoms with Crippen LogP contribution in [0.1, 0.15) is 33.3 Å². The van der Waals surface area contributed by atoms with Gasteiger partial charge in [0.15, 0.2) is 5.41 Å². The molecule has 4 rings (SSSR count). The monoisotopic (exact) mass is 464 g/mol. The second-order valence-corrected chi connectivity index (χ2v) is 9.69. The zero-order valence-corrected chi connectivity index (χ0v) is 19.6. The molecule has 1 N–H and O–H groups in total. The quantitative estimate of drug-likeness (QED) is 0.408. The number of nitrogens with zero attached hydrogens (tertiary/aromatic N) is 3. The molecule has 34 heavy (non-hydrogen) atoms. The van der Waals surface area contributed by atoms with Gasteiger partial charge >= 0.3 is 6.03 Å². The minimum Gasteiger partial charge on any atom is -0.366 e. The maximum Gasteiger partial charge on any atom is 0.335 e. The molecule has 0 radical (unpaired) electrons. The van der Waals surface area contributed by atoms with Crippen LogP contribution in [0.2, 0.25) is 0 Å². The number of nitro groups is 1. The van der Waals surface area contributed by atoms with Crippen molar-refractivity contribution >= 4 is 34.9 Å². The number of urea groups is 1. The van der Waals surface area contributed by atoms with Crippen molar-refractivity contribution < 1.29 is 19.3 Å². The van der Waals surface area contributed by atoms with Crippen LogP contribution in [-0.4, -0.2) is 35.4 Å². The number of amides is 4. The minimum absolute atomic E-state index is 0.0390. The van der Waals surface area contributed by atoms with Gasteiger partial charge < -0.3 is 4.90 Å². The van der Waals surface area contributed by atoms with Crippen LogP contribution in [0.15, 0.2) is 48.5 Å². The second kappa shape index (κ2) is 8.55. The highest BCUT2D eigenvalue weighted by molar-refractivity contribution is 6.30. The Balaban J connectivity index is 1.96. The van der Waals surface area contributed by atoms with Gasteiger partial charge in [-0.25, -0.2) is 9.69 Å². The number of rotatable bonds is 5. The maximum absolute atomic E-state index is 14.2. The first-order valence-electron chi connectivity index (χ1n) is 11.4. The number of para-hydroxylation sites is 1. The number of nitrogens with one attached hydrogen (secondary N) is 1. The molecule has 1 saturated heterocycles. The highest BCUT2D eigenvalue weighted by Crippen LogP contribution is 2.48. The molecule has 0 aromatic heterocycles. The molecule has 2 heterocycles. The van der Waals surface area contributed by atoms with E-state index in [4.69, 9.17) is 0 Å². The van der Waals surface area contributed by atoms with Crippen molar-refractivity contribution in [3.05, 3.63) is 64.2 Å². The fourth-order valence-corrected chi connectivity index (χ4v) is 5.34. The number of barbiturate groups is 1. The number of carbonyl (C=O) groups excluding carboxylic acids is 3. The lowest BCUT2D eigenvalue weighted by atomic mass is 9.65. The van der Waals surface area contributed by atoms with Gasteiger partial charge in [-0.15, -0.1) is 0 Å². The Kier molecular flexibility index (Phi) is 5.89. The van der Waals surface area contributed by atoms with Gasteiger partial charge in [0.25, 0.3) is 11.6 Å². The number of imide groups is 2. The van der Waals surface area contributed by atoms with Crippen molar-refractivity contribution in [2.24, 2.45) is 17.3 Å². The Morgan fingerprint density at radius 3 is 2.35 bits per heavy atom. The lowest BCUT2D eigenvalue weighted by molar-refractivity contribution is -0.384. The molecule has 0 aliphatic carbocycles. The van der Waals surface area contributed by atoms with E-state index in [0.717, 1.165) is 10.6 Å². The van der Waals surface area contributed by atoms with Crippen molar-refractivity contribution in [1.29, 1.82) is 0 Å². The molecule has 4 amide bonds. The molecular weight excluding hydrogens is 436 g/mol. The summed E-state index contributed by atoms with van der Waals surface area (Å²) >= 11 is 0. The third-order valence-corrected chi connectivity index (χ3v) is 6.51. The Labute approximate surface area is 197 Å². The fraction of sp³-hybridized carbons (Fsp3) is 0.400. The van der Waals surface area contributed by atoms with Crippen LogP contribution < -0.4 is 15.1 Å². The van der Waals surface area contributed by atoms with Gasteiger partial charge in [0, 0.05) is 30.8 Å². The van der Waals surface area contributed by atoms with Gasteiger partial charge in [0.05, 0.1) is 16.7 Å². The topological polar surface area (TPSA) is 113 Å². The number of benzene rings is 2. The summed E-state index contributed by atoms with van der Waals surface area (Å²) in [5.41, 5.74) is -0.0691. The Morgan fingerprint density at radius 2 is 1.76 bits per heavy atom. The van der Waals surface area contributed by atoms with E-state index in [1.807, 2.05) is 32.6 Å². The Bertz CT molecular complexity index is 1160. The minimum atomic E-state index is -1.63. The van der Waals surface area contributed by atoms with Gasteiger partial charge in [0.2, 0.25) is 5.91 Å². The van der Waals surface area contributed by atoms with Gasteiger partial charge in [0.1, 0.15) is 0 Å². The molecule has 1 fully saturated rings. The summed E-state index contributed by atoms with van der Waals surface area (Å²) in [6, 6.07) is 11.7. The summed E-state index contributed by atoms with van der Waals surface area (Å²) in [5, 5.41) is 13.9. The average Bonchev–Trinajstić information content (AvgIpc) is 2.77. The Hall–Kier alpha value is -3.75. The molecule has 0 saturated carbocycles. The van der Waals surface area contributed by atoms with E-state index in [9.17, 15) is 24.5 Å². The van der Waals surface area contributed by atoms with Crippen LogP contribution in [0, 0.1) is 27.4 Å². The highest BCUT2D eigenvalue weighted by Gasteiger charge is 2.63. The summed E-state index contributed by atoms with van der Waals surface area (Å²) in [5.74, 6) is -1.23. The van der Waals surface area contributed by atoms with Crippen LogP contribution in [0.4, 0.5) is 21.9 Å². The summed E-state index contributed by atoms with van der Waals surface area (Å²) in [4.78, 5) is 54.7. The molecule has 2 aromatic carbocycles. The van der Waals surface area contributed by atoms with Crippen LogP contribution in [0.25, 0.3) is 0 Å². The van der Waals surface area contributed by atoms with Gasteiger partial charge in [-0.3, -0.25) is 25.0 Å². The summed E-state index contributed by atoms with van der Waals surface area (Å²) in [7, 11) is 0. The average molecular weight is 465 g/mol. The number of carbonyl (C=O) groups is 3. The van der Waals surface area contributed by atoms with Gasteiger partial charge in [-0.2, -0.15) is 0 Å². The predicted octanol–water partition coefficient (Wildman–Crippen LogP) is 3.91. The first kappa shape index (κ1) is 23.4. The zero-order valence-electron chi connectivity index (χ0n) is 19.6. The number of hydrogen-bond acceptors (Lipinski definition) is 6. The number of anilines is 2. The van der Waals surface area contributed by atoms with Crippen molar-refractivity contribution in [3.63, 3.8) is 0 Å². The van der Waals surface area contributed by atoms with E-state index in [1.54, 1.807) is 36.4 Å². The lowest BCUT2D eigenvalue weighted by Crippen LogP contribution is -2.73. The molecule has 2 aliphatic heterocycles. The van der Waals surface area contributed by atoms with Crippen LogP contribution in [-0.2, 0) is 16.0 Å². The van der Waals surface area contributed by atoms with E-state index < -0.39 is 34.2 Å². The zero-order chi connectivity index (χ0) is 24.8. The fourth-order valence-electron chi connectivity index (χ4n) is 5.34. The molecule has 0 bridgehead atoms. The summed E-state index contributed by atoms with van der Waals surface area (Å²) in [6.45, 7) is 8.49. The maximum atomic E-state index is 14.2. The number of fused-ring (bicyclic) bond motifs is 1. The van der Waals surface area contributed by atoms with Crippen molar-refractivity contribution in [2.45, 2.75) is 40.2 Å². The molecule has 2 aromatic rings. The standard InChI is InChI=1S/C25H28N4O5/c1-15(2)14-27-20-11-10-19(29(33)34)12-17(20)13-25(21(27)16(3)4)22(30)26-24(32)28(23(25)31)18-8-6-5-7-9-18/h5-12,15-16,21H,13-14H2,1-4H3,(H,26,30,32)/t21-,25-/m0/s1. The van der Waals surface area contributed by atoms with Crippen LogP contribution >= 0.6 is 0 Å². The molecule has 1 spiro atoms. The van der Waals surface area contributed by atoms with Gasteiger partial charge in [-0.1, -0.05) is 45.9 Å². The van der Waals surface area contributed by atoms with Crippen LogP contribution in [0.5, 0.6) is 0 Å². The number of hydrogen-bond donors (Lipinski definition) is 1. The lowest BCUT2D eigenvalue weighted by Gasteiger charge is -2.53. The predicted molar refractivity (Wildman–Crippen MR) is 128 cm³/mol. The van der Waals surface area contributed by atoms with E-state index in [0.29, 0.717) is 17.8 Å². The molecule has 178 valence electrons. The molecular formula is C25H28N4O5. The Morgan fingerprint density at radius 1 is 1.09 bits per heavy atom. The molecule has 9 heteroatoms. The van der Waals surface area contributed by atoms with Crippen molar-refractivity contribution in [2.75, 3.05) is 16.3 Å². The summed E-state index contributed by atoms with van der Waals surface area (Å²) < 4.78 is 0. The number of nitro benzene ring substituents is 1. The SMILES string of the molecule is CC(C)CN1c2ccc([N+](=O)[O-])cc2C[C@@]2(C(=O)NC(=O)N(c3ccccc3)C2=O)[C@@H]1C(C)C. The van der Waals surface area contributed by atoms with Crippen molar-refractivity contribution in [1.82, 2.24) is 5.32 Å². The summed E-state index contributed by atoms with van der Waals surface area (Å²) in [6.07, 6.45) is -0.0390. The second-order valence-electron chi connectivity index (χ2n) is 9.69. The van der Waals surface area contributed by atoms with Crippen LogP contribution in [0.3, 0.4) is 0 Å². The smallest absolute Gasteiger partial charge is 0.335 e. The third-order valence-electron chi connectivity index (χ3n) is 6.51. The first-order chi connectivity index (χ1) is 16.1. The number of non-ortho nitro benzene ring substituents is 1. The van der Waals surface area contributed by atoms with E-state index in [2.05, 4.69) is 5.32 Å². The van der Waals surface area contributed by atoms with Gasteiger partial charge in [-0.05, 0) is 35.6 Å². The largest absolute Gasteiger partial charge is 0.366 e. The molecule has 2 atom stereocenters. The molecule has 2 aliphatic rings. The van der Waals surface area contributed by atoms with E-state index in [1.165, 1.54) is 12.1 Å². The molecule has 0 unspecified atom stereocenters. The van der Waals surface area contributed by atoms with E-state index >= 15 is 0 Å². The normalized spacial score (nSPS) is 22.4. The molecule has 9 nitrogen and oxygen atoms in total.